The van der Waals surface area contributed by atoms with Crippen molar-refractivity contribution in [2.75, 3.05) is 4.43 Å². The monoisotopic (exact) mass is 367 g/mol. The van der Waals surface area contributed by atoms with E-state index in [0.29, 0.717) is 10.8 Å². The summed E-state index contributed by atoms with van der Waals surface area (Å²) in [5.41, 5.74) is 0.825. The van der Waals surface area contributed by atoms with E-state index < -0.39 is 0 Å². The fraction of sp³-hybridized carbons (Fsp3) is 0.727. The van der Waals surface area contributed by atoms with Crippen molar-refractivity contribution < 1.29 is 4.79 Å². The Labute approximate surface area is 120 Å². The van der Waals surface area contributed by atoms with Gasteiger partial charge in [-0.1, -0.05) is 54.3 Å². The zero-order valence-electron chi connectivity index (χ0n) is 10.4. The Hall–Kier alpha value is -0.240. The molecule has 1 aromatic heterocycles. The summed E-state index contributed by atoms with van der Waals surface area (Å²) >= 11 is 3.48. The third-order valence-electron chi connectivity index (χ3n) is 2.54. The first kappa shape index (κ1) is 14.8. The predicted octanol–water partition coefficient (Wildman–Crippen LogP) is 2.68. The molecule has 96 valence electrons. The van der Waals surface area contributed by atoms with Gasteiger partial charge in [0.15, 0.2) is 0 Å². The van der Waals surface area contributed by atoms with Crippen LogP contribution in [0.1, 0.15) is 42.6 Å². The molecule has 0 spiro atoms. The fourth-order valence-corrected chi connectivity index (χ4v) is 3.25. The Morgan fingerprint density at radius 1 is 1.53 bits per heavy atom. The number of rotatable bonds is 6. The number of hydrogen-bond donors (Lipinski definition) is 1. The van der Waals surface area contributed by atoms with Crippen LogP contribution in [0.4, 0.5) is 0 Å². The molecule has 6 heteroatoms. The molecule has 4 nitrogen and oxygen atoms in total. The number of carbonyl (C=O) groups is 1. The first-order valence-electron chi connectivity index (χ1n) is 5.78. The average molecular weight is 367 g/mol. The Balaban J connectivity index is 2.71. The van der Waals surface area contributed by atoms with E-state index in [4.69, 9.17) is 0 Å². The van der Waals surface area contributed by atoms with Crippen molar-refractivity contribution in [3.63, 3.8) is 0 Å². The molecule has 0 saturated heterocycles. The van der Waals surface area contributed by atoms with Gasteiger partial charge in [-0.2, -0.15) is 0 Å². The maximum atomic E-state index is 12.1. The third kappa shape index (κ3) is 4.17. The first-order valence-corrected chi connectivity index (χ1v) is 8.08. The van der Waals surface area contributed by atoms with Gasteiger partial charge in [-0.15, -0.1) is 5.10 Å². The number of halogens is 1. The van der Waals surface area contributed by atoms with Gasteiger partial charge in [-0.05, 0) is 23.9 Å². The maximum absolute atomic E-state index is 12.1. The lowest BCUT2D eigenvalue weighted by molar-refractivity contribution is 0.0935. The summed E-state index contributed by atoms with van der Waals surface area (Å²) in [6.45, 7) is 6.30. The van der Waals surface area contributed by atoms with Crippen LogP contribution in [0, 0.1) is 5.92 Å². The molecule has 0 bridgehead atoms. The van der Waals surface area contributed by atoms with Gasteiger partial charge in [0.1, 0.15) is 4.88 Å². The molecule has 0 aliphatic heterocycles. The van der Waals surface area contributed by atoms with Gasteiger partial charge < -0.3 is 5.32 Å². The van der Waals surface area contributed by atoms with Gasteiger partial charge in [0.05, 0.1) is 5.69 Å². The fourth-order valence-electron chi connectivity index (χ4n) is 1.40. The van der Waals surface area contributed by atoms with E-state index in [1.54, 1.807) is 0 Å². The van der Waals surface area contributed by atoms with E-state index in [9.17, 15) is 4.79 Å². The van der Waals surface area contributed by atoms with Crippen molar-refractivity contribution in [2.24, 2.45) is 5.92 Å². The minimum atomic E-state index is -0.0289. The highest BCUT2D eigenvalue weighted by atomic mass is 127. The van der Waals surface area contributed by atoms with Crippen molar-refractivity contribution in [3.05, 3.63) is 10.6 Å². The zero-order valence-corrected chi connectivity index (χ0v) is 13.3. The number of nitrogens with zero attached hydrogens (tertiary/aromatic N) is 2. The van der Waals surface area contributed by atoms with E-state index >= 15 is 0 Å². The number of nitrogens with one attached hydrogen (secondary N) is 1. The smallest absolute Gasteiger partial charge is 0.265 e. The summed E-state index contributed by atoms with van der Waals surface area (Å²) in [6.07, 6.45) is 1.79. The van der Waals surface area contributed by atoms with E-state index in [-0.39, 0.29) is 11.9 Å². The average Bonchev–Trinajstić information content (AvgIpc) is 2.74. The molecule has 1 N–H and O–H groups in total. The highest BCUT2D eigenvalue weighted by molar-refractivity contribution is 14.1. The van der Waals surface area contributed by atoms with E-state index in [2.05, 4.69) is 58.3 Å². The minimum Gasteiger partial charge on any atom is -0.347 e. The van der Waals surface area contributed by atoms with Gasteiger partial charge in [0.2, 0.25) is 0 Å². The minimum absolute atomic E-state index is 0.0289. The second kappa shape index (κ2) is 7.25. The topological polar surface area (TPSA) is 54.9 Å². The molecule has 0 aromatic carbocycles. The summed E-state index contributed by atoms with van der Waals surface area (Å²) < 4.78 is 4.78. The second-order valence-electron chi connectivity index (χ2n) is 4.28. The van der Waals surface area contributed by atoms with Crippen LogP contribution in [0.5, 0.6) is 0 Å². The van der Waals surface area contributed by atoms with Crippen LogP contribution >= 0.6 is 34.1 Å². The Bertz CT molecular complexity index is 367. The van der Waals surface area contributed by atoms with Crippen LogP contribution in [0.2, 0.25) is 0 Å². The highest BCUT2D eigenvalue weighted by Crippen LogP contribution is 2.14. The number of aryl methyl sites for hydroxylation is 1. The van der Waals surface area contributed by atoms with Crippen molar-refractivity contribution >= 4 is 40.0 Å². The van der Waals surface area contributed by atoms with Crippen molar-refractivity contribution in [1.29, 1.82) is 0 Å². The second-order valence-corrected chi connectivity index (χ2v) is 5.91. The molecule has 0 aliphatic rings. The standard InChI is InChI=1S/C11H18IN3OS/c1-4-5-8-10(17-15-14-8)11(16)13-9(6-12)7(2)3/h7,9H,4-6H2,1-3H3,(H,13,16). The summed E-state index contributed by atoms with van der Waals surface area (Å²) in [5, 5.41) is 7.06. The van der Waals surface area contributed by atoms with E-state index in [1.807, 2.05) is 0 Å². The lowest BCUT2D eigenvalue weighted by Gasteiger charge is -2.19. The molecule has 1 rings (SSSR count). The predicted molar refractivity (Wildman–Crippen MR) is 78.9 cm³/mol. The molecule has 1 atom stereocenters. The molecule has 1 unspecified atom stereocenters. The van der Waals surface area contributed by atoms with Crippen LogP contribution in [0.25, 0.3) is 0 Å². The lowest BCUT2D eigenvalue weighted by Crippen LogP contribution is -2.39. The molecular formula is C11H18IN3OS. The molecule has 1 heterocycles. The largest absolute Gasteiger partial charge is 0.347 e. The van der Waals surface area contributed by atoms with E-state index in [0.717, 1.165) is 23.0 Å². The molecule has 0 aliphatic carbocycles. The van der Waals surface area contributed by atoms with Crippen LogP contribution in [-0.4, -0.2) is 26.0 Å². The maximum Gasteiger partial charge on any atom is 0.265 e. The van der Waals surface area contributed by atoms with Crippen molar-refractivity contribution in [3.8, 4) is 0 Å². The summed E-state index contributed by atoms with van der Waals surface area (Å²) in [6, 6.07) is 0.208. The zero-order chi connectivity index (χ0) is 12.8. The van der Waals surface area contributed by atoms with Crippen molar-refractivity contribution in [2.45, 2.75) is 39.7 Å². The van der Waals surface area contributed by atoms with Crippen molar-refractivity contribution in [1.82, 2.24) is 14.9 Å². The molecule has 1 amide bonds. The van der Waals surface area contributed by atoms with Gasteiger partial charge in [-0.3, -0.25) is 4.79 Å². The van der Waals surface area contributed by atoms with Crippen LogP contribution in [0.15, 0.2) is 0 Å². The van der Waals surface area contributed by atoms with Gasteiger partial charge in [0, 0.05) is 10.5 Å². The van der Waals surface area contributed by atoms with Gasteiger partial charge in [0.25, 0.3) is 5.91 Å². The Morgan fingerprint density at radius 3 is 2.76 bits per heavy atom. The number of alkyl halides is 1. The number of carbonyl (C=O) groups excluding carboxylic acids is 1. The van der Waals surface area contributed by atoms with Crippen LogP contribution < -0.4 is 5.32 Å². The molecular weight excluding hydrogens is 349 g/mol. The Kier molecular flexibility index (Phi) is 6.32. The van der Waals surface area contributed by atoms with Gasteiger partial charge >= 0.3 is 0 Å². The molecule has 1 aromatic rings. The van der Waals surface area contributed by atoms with Crippen LogP contribution in [-0.2, 0) is 6.42 Å². The highest BCUT2D eigenvalue weighted by Gasteiger charge is 2.20. The normalized spacial score (nSPS) is 12.8. The lowest BCUT2D eigenvalue weighted by atomic mass is 10.1. The number of hydrogen-bond acceptors (Lipinski definition) is 4. The third-order valence-corrected chi connectivity index (χ3v) is 4.25. The molecule has 17 heavy (non-hydrogen) atoms. The van der Waals surface area contributed by atoms with Gasteiger partial charge in [-0.25, -0.2) is 0 Å². The number of aromatic nitrogens is 2. The Morgan fingerprint density at radius 2 is 2.24 bits per heavy atom. The molecule has 0 fully saturated rings. The first-order chi connectivity index (χ1) is 8.10. The molecule has 0 saturated carbocycles. The van der Waals surface area contributed by atoms with E-state index in [1.165, 1.54) is 11.5 Å². The molecule has 0 radical (unpaired) electrons. The number of amides is 1. The summed E-state index contributed by atoms with van der Waals surface area (Å²) in [5.74, 6) is 0.408. The quantitative estimate of drug-likeness (QED) is 0.621. The summed E-state index contributed by atoms with van der Waals surface area (Å²) in [7, 11) is 0. The SMILES string of the molecule is CCCc1nnsc1C(=O)NC(CI)C(C)C. The van der Waals surface area contributed by atoms with Crippen LogP contribution in [0.3, 0.4) is 0 Å². The summed E-state index contributed by atoms with van der Waals surface area (Å²) in [4.78, 5) is 12.8.